The van der Waals surface area contributed by atoms with Gasteiger partial charge in [0.25, 0.3) is 0 Å². The number of aliphatic hydroxyl groups is 1. The monoisotopic (exact) mass is 177 g/mol. The van der Waals surface area contributed by atoms with Crippen molar-refractivity contribution in [2.75, 3.05) is 6.61 Å². The van der Waals surface area contributed by atoms with Gasteiger partial charge < -0.3 is 10.4 Å². The molecule has 1 atom stereocenters. The molecule has 1 heterocycles. The summed E-state index contributed by atoms with van der Waals surface area (Å²) in [5.41, 5.74) is -2.17. The van der Waals surface area contributed by atoms with Crippen LogP contribution in [-0.4, -0.2) is 23.2 Å². The number of hydrogen-bond acceptors (Lipinski definition) is 2. The number of carbonyl (C=O) groups is 1. The van der Waals surface area contributed by atoms with E-state index in [1.54, 1.807) is 0 Å². The van der Waals surface area contributed by atoms with Crippen LogP contribution in [0.2, 0.25) is 0 Å². The van der Waals surface area contributed by atoms with E-state index in [1.807, 2.05) is 0 Å². The first-order valence-electron chi connectivity index (χ1n) is 6.98. The molecule has 0 saturated carbocycles. The predicted molar refractivity (Wildman–Crippen MR) is 46.6 cm³/mol. The lowest BCUT2D eigenvalue weighted by Gasteiger charge is -2.16. The van der Waals surface area contributed by atoms with E-state index in [0.717, 1.165) is 0 Å². The van der Waals surface area contributed by atoms with Crippen molar-refractivity contribution < 1.29 is 18.1 Å². The summed E-state index contributed by atoms with van der Waals surface area (Å²) in [6.07, 6.45) is 0.380. The van der Waals surface area contributed by atoms with Gasteiger partial charge in [0, 0.05) is 26.3 Å². The molecule has 0 aromatic carbocycles. The van der Waals surface area contributed by atoms with Gasteiger partial charge >= 0.3 is 0 Å². The molecule has 1 amide bonds. The largest absolute Gasteiger partial charge is 0.396 e. The van der Waals surface area contributed by atoms with Crippen molar-refractivity contribution in [3.8, 4) is 0 Å². The minimum atomic E-state index is -2.79. The van der Waals surface area contributed by atoms with Crippen molar-refractivity contribution in [2.24, 2.45) is 5.92 Å². The van der Waals surface area contributed by atoms with E-state index in [0.29, 0.717) is 6.42 Å². The van der Waals surface area contributed by atoms with Crippen LogP contribution in [0.3, 0.4) is 0 Å². The molecule has 1 saturated heterocycles. The van der Waals surface area contributed by atoms with Crippen LogP contribution in [0, 0.1) is 5.92 Å². The van der Waals surface area contributed by atoms with E-state index in [1.165, 1.54) is 0 Å². The number of rotatable bonds is 3. The molecule has 0 radical (unpaired) electrons. The predicted octanol–water partition coefficient (Wildman–Crippen LogP) is 0.674. The first-order chi connectivity index (χ1) is 8.05. The van der Waals surface area contributed by atoms with E-state index in [9.17, 15) is 4.79 Å². The molecule has 2 N–H and O–H groups in total. The van der Waals surface area contributed by atoms with Crippen molar-refractivity contribution in [1.82, 2.24) is 5.32 Å². The summed E-state index contributed by atoms with van der Waals surface area (Å²) in [7, 11) is 0. The van der Waals surface area contributed by atoms with Gasteiger partial charge in [-0.3, -0.25) is 4.79 Å². The Morgan fingerprint density at radius 2 is 2.58 bits per heavy atom. The van der Waals surface area contributed by atoms with Gasteiger partial charge in [0.1, 0.15) is 0 Å². The van der Waals surface area contributed by atoms with Crippen molar-refractivity contribution in [1.29, 1.82) is 0 Å². The summed E-state index contributed by atoms with van der Waals surface area (Å²) < 4.78 is 44.4. The second-order valence-electron chi connectivity index (χ2n) is 3.16. The lowest BCUT2D eigenvalue weighted by atomic mass is 9.93. The molecule has 12 heavy (non-hydrogen) atoms. The molecule has 1 fully saturated rings. The molecule has 0 bridgehead atoms. The van der Waals surface area contributed by atoms with E-state index in [2.05, 4.69) is 5.32 Å². The zero-order valence-corrected chi connectivity index (χ0v) is 6.76. The molecule has 3 heteroatoms. The Hall–Kier alpha value is -0.570. The normalized spacial score (nSPS) is 36.8. The van der Waals surface area contributed by atoms with Crippen LogP contribution in [0.4, 0.5) is 0 Å². The molecular formula is C9H17NO2. The Bertz CT molecular complexity index is 310. The average Bonchev–Trinajstić information content (AvgIpc) is 2.52. The van der Waals surface area contributed by atoms with Crippen molar-refractivity contribution in [3.05, 3.63) is 0 Å². The molecule has 0 aliphatic carbocycles. The Balaban J connectivity index is 3.01. The maximum Gasteiger partial charge on any atom is 0.223 e. The van der Waals surface area contributed by atoms with Gasteiger partial charge in [-0.2, -0.15) is 0 Å². The zero-order valence-electron chi connectivity index (χ0n) is 12.8. The Morgan fingerprint density at radius 3 is 3.08 bits per heavy atom. The van der Waals surface area contributed by atoms with Gasteiger partial charge in [-0.1, -0.05) is 0 Å². The third-order valence-corrected chi connectivity index (χ3v) is 1.97. The molecule has 0 spiro atoms. The summed E-state index contributed by atoms with van der Waals surface area (Å²) in [6, 6.07) is 0. The van der Waals surface area contributed by atoms with Crippen LogP contribution in [0.5, 0.6) is 0 Å². The second-order valence-corrected chi connectivity index (χ2v) is 3.16. The van der Waals surface area contributed by atoms with E-state index in [-0.39, 0.29) is 19.4 Å². The minimum absolute atomic E-state index is 0.113. The highest BCUT2D eigenvalue weighted by molar-refractivity contribution is 5.81. The Morgan fingerprint density at radius 1 is 1.83 bits per heavy atom. The molecule has 0 unspecified atom stereocenters. The fourth-order valence-electron chi connectivity index (χ4n) is 1.40. The number of aliphatic hydroxyl groups excluding tert-OH is 1. The molecule has 1 aliphatic rings. The van der Waals surface area contributed by atoms with Crippen LogP contribution < -0.4 is 5.32 Å². The Labute approximate surface area is 81.6 Å². The summed E-state index contributed by atoms with van der Waals surface area (Å²) in [5, 5.41) is 10.9. The lowest BCUT2D eigenvalue weighted by Crippen LogP contribution is -2.34. The van der Waals surface area contributed by atoms with Crippen molar-refractivity contribution >= 4 is 5.91 Å². The fraction of sp³-hybridized carbons (Fsp3) is 0.889. The highest BCUT2D eigenvalue weighted by Gasteiger charge is 2.36. The van der Waals surface area contributed by atoms with E-state index in [4.69, 9.17) is 13.3 Å². The molecule has 70 valence electrons. The van der Waals surface area contributed by atoms with Crippen LogP contribution >= 0.6 is 0 Å². The first kappa shape index (κ1) is 4.09. The van der Waals surface area contributed by atoms with Crippen LogP contribution in [0.15, 0.2) is 0 Å². The zero-order chi connectivity index (χ0) is 14.2. The molecule has 0 aromatic heterocycles. The number of hydrogen-bond donors (Lipinski definition) is 2. The SMILES string of the molecule is [2H]C([2H])([2H])C1(C([2H])([2H])[2H])C[C@@H](CCCO)C(=O)N1. The van der Waals surface area contributed by atoms with Gasteiger partial charge in [-0.15, -0.1) is 0 Å². The third kappa shape index (κ3) is 2.21. The van der Waals surface area contributed by atoms with Crippen molar-refractivity contribution in [3.63, 3.8) is 0 Å². The van der Waals surface area contributed by atoms with Crippen LogP contribution in [0.25, 0.3) is 0 Å². The fourth-order valence-corrected chi connectivity index (χ4v) is 1.40. The first-order valence-corrected chi connectivity index (χ1v) is 3.98. The second kappa shape index (κ2) is 3.44. The lowest BCUT2D eigenvalue weighted by molar-refractivity contribution is -0.123. The van der Waals surface area contributed by atoms with Gasteiger partial charge in [-0.25, -0.2) is 0 Å². The highest BCUT2D eigenvalue weighted by atomic mass is 16.3. The number of carbonyl (C=O) groups excluding carboxylic acids is 1. The maximum absolute atomic E-state index is 11.7. The third-order valence-electron chi connectivity index (χ3n) is 1.97. The van der Waals surface area contributed by atoms with Gasteiger partial charge in [0.2, 0.25) is 5.91 Å². The van der Waals surface area contributed by atoms with Crippen molar-refractivity contribution in [2.45, 2.75) is 38.5 Å². The summed E-state index contributed by atoms with van der Waals surface area (Å²) >= 11 is 0. The van der Waals surface area contributed by atoms with E-state index >= 15 is 0 Å². The number of amides is 1. The molecule has 1 aliphatic heterocycles. The minimum Gasteiger partial charge on any atom is -0.396 e. The number of nitrogens with one attached hydrogen (secondary N) is 1. The Kier molecular flexibility index (Phi) is 1.17. The van der Waals surface area contributed by atoms with Gasteiger partial charge in [0.05, 0.1) is 0 Å². The highest BCUT2D eigenvalue weighted by Crippen LogP contribution is 2.27. The van der Waals surface area contributed by atoms with Gasteiger partial charge in [0.15, 0.2) is 0 Å². The smallest absolute Gasteiger partial charge is 0.223 e. The van der Waals surface area contributed by atoms with Crippen LogP contribution in [0.1, 0.15) is 41.2 Å². The topological polar surface area (TPSA) is 49.3 Å². The molecular weight excluding hydrogens is 154 g/mol. The summed E-state index contributed by atoms with van der Waals surface area (Å²) in [4.78, 5) is 11.7. The maximum atomic E-state index is 11.7. The van der Waals surface area contributed by atoms with Gasteiger partial charge in [-0.05, 0) is 33.0 Å². The standard InChI is InChI=1S/C9H17NO2/c1-9(2)6-7(4-3-5-11)8(12)10-9/h7,11H,3-6H2,1-2H3,(H,10,12)/t7-/m1/s1/i1D3,2D3. The average molecular weight is 177 g/mol. The quantitative estimate of drug-likeness (QED) is 0.666. The molecule has 0 aromatic rings. The molecule has 1 rings (SSSR count). The summed E-state index contributed by atoms with van der Waals surface area (Å²) in [5.74, 6) is -1.23. The molecule has 3 nitrogen and oxygen atoms in total. The summed E-state index contributed by atoms with van der Waals surface area (Å²) in [6.45, 7) is -5.69. The van der Waals surface area contributed by atoms with E-state index < -0.39 is 31.1 Å². The van der Waals surface area contributed by atoms with Crippen LogP contribution in [-0.2, 0) is 4.79 Å².